The van der Waals surface area contributed by atoms with Crippen LogP contribution in [0.25, 0.3) is 0 Å². The molecule has 0 bridgehead atoms. The molecule has 0 fully saturated rings. The molecule has 0 aliphatic carbocycles. The molecule has 0 spiro atoms. The molecule has 2 heterocycles. The molecule has 20 heavy (non-hydrogen) atoms. The quantitative estimate of drug-likeness (QED) is 0.905. The maximum Gasteiger partial charge on any atom is 0.261 e. The van der Waals surface area contributed by atoms with Gasteiger partial charge in [0.25, 0.3) is 5.91 Å². The summed E-state index contributed by atoms with van der Waals surface area (Å²) in [6.07, 6.45) is 1.62. The maximum absolute atomic E-state index is 11.8. The number of carbonyl (C=O) groups is 2. The minimum atomic E-state index is -0.301. The summed E-state index contributed by atoms with van der Waals surface area (Å²) in [5, 5.41) is 5.21. The lowest BCUT2D eigenvalue weighted by Gasteiger charge is -2.06. The third-order valence-electron chi connectivity index (χ3n) is 2.56. The Morgan fingerprint density at radius 1 is 1.25 bits per heavy atom. The summed E-state index contributed by atoms with van der Waals surface area (Å²) >= 11 is 1.40. The van der Waals surface area contributed by atoms with E-state index in [4.69, 9.17) is 0 Å². The van der Waals surface area contributed by atoms with Gasteiger partial charge in [-0.3, -0.25) is 9.59 Å². The van der Waals surface area contributed by atoms with Gasteiger partial charge >= 0.3 is 0 Å². The Morgan fingerprint density at radius 2 is 2.05 bits per heavy atom. The van der Waals surface area contributed by atoms with Gasteiger partial charge < -0.3 is 10.6 Å². The molecule has 104 valence electrons. The van der Waals surface area contributed by atoms with E-state index in [1.165, 1.54) is 11.3 Å². The maximum atomic E-state index is 11.8. The average molecular weight is 289 g/mol. The number of hydrogen-bond donors (Lipinski definition) is 2. The highest BCUT2D eigenvalue weighted by Gasteiger charge is 2.10. The highest BCUT2D eigenvalue weighted by atomic mass is 32.1. The Hall–Kier alpha value is -2.21. The Bertz CT molecular complexity index is 637. The minimum Gasteiger partial charge on any atom is -0.342 e. The lowest BCUT2D eigenvalue weighted by Crippen LogP contribution is -2.32. The molecule has 2 rings (SSSR count). The van der Waals surface area contributed by atoms with E-state index in [0.29, 0.717) is 10.7 Å². The van der Waals surface area contributed by atoms with Crippen LogP contribution >= 0.6 is 11.3 Å². The molecule has 0 atom stereocenters. The van der Waals surface area contributed by atoms with Crippen molar-refractivity contribution in [2.24, 2.45) is 0 Å². The van der Waals surface area contributed by atoms with Crippen molar-refractivity contribution in [1.29, 1.82) is 0 Å². The fourth-order valence-electron chi connectivity index (χ4n) is 1.60. The summed E-state index contributed by atoms with van der Waals surface area (Å²) in [7, 11) is 0. The van der Waals surface area contributed by atoms with E-state index >= 15 is 0 Å². The number of rotatable bonds is 4. The Kier molecular flexibility index (Phi) is 4.47. The van der Waals surface area contributed by atoms with Crippen molar-refractivity contribution in [1.82, 2.24) is 10.3 Å². The summed E-state index contributed by atoms with van der Waals surface area (Å²) in [6, 6.07) is 7.23. The molecular weight excluding hydrogens is 274 g/mol. The van der Waals surface area contributed by atoms with Crippen LogP contribution in [0.2, 0.25) is 0 Å². The van der Waals surface area contributed by atoms with Gasteiger partial charge in [0.2, 0.25) is 5.91 Å². The fraction of sp³-hybridized carbons (Fsp3) is 0.214. The van der Waals surface area contributed by atoms with E-state index in [-0.39, 0.29) is 18.4 Å². The van der Waals surface area contributed by atoms with E-state index in [9.17, 15) is 9.59 Å². The number of carbonyl (C=O) groups excluding carboxylic acids is 2. The predicted octanol–water partition coefficient (Wildman–Crippen LogP) is 2.13. The molecule has 0 aliphatic heterocycles. The molecule has 6 heteroatoms. The van der Waals surface area contributed by atoms with Gasteiger partial charge in [0.15, 0.2) is 0 Å². The number of nitrogens with one attached hydrogen (secondary N) is 2. The second-order valence-corrected chi connectivity index (χ2v) is 5.65. The molecule has 2 aromatic heterocycles. The van der Waals surface area contributed by atoms with E-state index < -0.39 is 0 Å². The smallest absolute Gasteiger partial charge is 0.261 e. The summed E-state index contributed by atoms with van der Waals surface area (Å²) in [5.41, 5.74) is 1.01. The van der Waals surface area contributed by atoms with Gasteiger partial charge in [-0.25, -0.2) is 4.98 Å². The number of nitrogens with zero attached hydrogens (tertiary/aromatic N) is 1. The molecule has 0 unspecified atom stereocenters. The molecule has 0 radical (unpaired) electrons. The summed E-state index contributed by atoms with van der Waals surface area (Å²) in [5.74, 6) is -0.0589. The van der Waals surface area contributed by atoms with Crippen LogP contribution in [0, 0.1) is 13.8 Å². The van der Waals surface area contributed by atoms with Gasteiger partial charge in [0.05, 0.1) is 11.4 Å². The van der Waals surface area contributed by atoms with Crippen LogP contribution < -0.4 is 10.6 Å². The van der Waals surface area contributed by atoms with E-state index in [0.717, 1.165) is 10.4 Å². The van der Waals surface area contributed by atoms with Crippen LogP contribution in [0.3, 0.4) is 0 Å². The van der Waals surface area contributed by atoms with Crippen molar-refractivity contribution in [2.75, 3.05) is 11.9 Å². The van der Waals surface area contributed by atoms with E-state index in [1.807, 2.05) is 26.0 Å². The van der Waals surface area contributed by atoms with Gasteiger partial charge in [-0.05, 0) is 43.7 Å². The first-order valence-corrected chi connectivity index (χ1v) is 6.93. The largest absolute Gasteiger partial charge is 0.342 e. The van der Waals surface area contributed by atoms with Gasteiger partial charge in [0.1, 0.15) is 5.82 Å². The van der Waals surface area contributed by atoms with E-state index in [1.54, 1.807) is 18.3 Å². The number of hydrogen-bond acceptors (Lipinski definition) is 4. The zero-order valence-electron chi connectivity index (χ0n) is 11.3. The Balaban J connectivity index is 1.85. The lowest BCUT2D eigenvalue weighted by atomic mass is 10.3. The first-order valence-electron chi connectivity index (χ1n) is 6.12. The Morgan fingerprint density at radius 3 is 2.70 bits per heavy atom. The third kappa shape index (κ3) is 3.89. The first-order chi connectivity index (χ1) is 9.54. The molecular formula is C14H15N3O2S. The topological polar surface area (TPSA) is 71.1 Å². The highest BCUT2D eigenvalue weighted by molar-refractivity contribution is 7.13. The normalized spacial score (nSPS) is 10.1. The number of aryl methyl sites for hydroxylation is 2. The van der Waals surface area contributed by atoms with Crippen LogP contribution in [0.1, 0.15) is 20.1 Å². The standard InChI is InChI=1S/C14H15N3O2S/c1-9-5-6-15-12(7-9)17-13(18)8-16-14(19)11-4-3-10(2)20-11/h3-7H,8H2,1-2H3,(H,16,19)(H,15,17,18). The number of thiophene rings is 1. The minimum absolute atomic E-state index is 0.0780. The summed E-state index contributed by atoms with van der Waals surface area (Å²) < 4.78 is 0. The number of aromatic nitrogens is 1. The molecule has 2 amide bonds. The zero-order chi connectivity index (χ0) is 14.5. The van der Waals surface area contributed by atoms with E-state index in [2.05, 4.69) is 15.6 Å². The highest BCUT2D eigenvalue weighted by Crippen LogP contribution is 2.14. The van der Waals surface area contributed by atoms with Crippen LogP contribution in [-0.2, 0) is 4.79 Å². The first kappa shape index (κ1) is 14.2. The van der Waals surface area contributed by atoms with Crippen molar-refractivity contribution in [3.05, 3.63) is 45.8 Å². The average Bonchev–Trinajstić information content (AvgIpc) is 2.83. The number of anilines is 1. The number of pyridine rings is 1. The van der Waals surface area contributed by atoms with Gasteiger partial charge in [-0.1, -0.05) is 0 Å². The summed E-state index contributed by atoms with van der Waals surface area (Å²) in [4.78, 5) is 29.2. The van der Waals surface area contributed by atoms with Crippen LogP contribution in [0.4, 0.5) is 5.82 Å². The van der Waals surface area contributed by atoms with Gasteiger partial charge in [-0.2, -0.15) is 0 Å². The second-order valence-electron chi connectivity index (χ2n) is 4.36. The zero-order valence-corrected chi connectivity index (χ0v) is 12.1. The monoisotopic (exact) mass is 289 g/mol. The molecule has 0 saturated heterocycles. The van der Waals surface area contributed by atoms with Gasteiger partial charge in [-0.15, -0.1) is 11.3 Å². The van der Waals surface area contributed by atoms with Crippen molar-refractivity contribution in [2.45, 2.75) is 13.8 Å². The predicted molar refractivity (Wildman–Crippen MR) is 79.0 cm³/mol. The van der Waals surface area contributed by atoms with Crippen molar-refractivity contribution in [3.8, 4) is 0 Å². The molecule has 0 aromatic carbocycles. The molecule has 0 saturated carbocycles. The van der Waals surface area contributed by atoms with Crippen LogP contribution in [0.5, 0.6) is 0 Å². The molecule has 2 N–H and O–H groups in total. The third-order valence-corrected chi connectivity index (χ3v) is 3.56. The Labute approximate surface area is 121 Å². The van der Waals surface area contributed by atoms with Crippen LogP contribution in [0.15, 0.2) is 30.5 Å². The van der Waals surface area contributed by atoms with Gasteiger partial charge in [0, 0.05) is 11.1 Å². The van der Waals surface area contributed by atoms with Crippen molar-refractivity contribution in [3.63, 3.8) is 0 Å². The number of amides is 2. The lowest BCUT2D eigenvalue weighted by molar-refractivity contribution is -0.115. The molecule has 2 aromatic rings. The SMILES string of the molecule is Cc1ccnc(NC(=O)CNC(=O)c2ccc(C)s2)c1. The van der Waals surface area contributed by atoms with Crippen molar-refractivity contribution < 1.29 is 9.59 Å². The van der Waals surface area contributed by atoms with Crippen molar-refractivity contribution >= 4 is 29.0 Å². The molecule has 5 nitrogen and oxygen atoms in total. The second kappa shape index (κ2) is 6.29. The van der Waals surface area contributed by atoms with Crippen LogP contribution in [-0.4, -0.2) is 23.3 Å². The molecule has 0 aliphatic rings. The fourth-order valence-corrected chi connectivity index (χ4v) is 2.38. The summed E-state index contributed by atoms with van der Waals surface area (Å²) in [6.45, 7) is 3.77.